The van der Waals surface area contributed by atoms with Gasteiger partial charge in [0, 0.05) is 21.9 Å². The Bertz CT molecular complexity index is 1080. The number of nitrogens with one attached hydrogen (secondary N) is 1. The summed E-state index contributed by atoms with van der Waals surface area (Å²) in [4.78, 5) is 20.8. The Hall–Kier alpha value is -2.45. The summed E-state index contributed by atoms with van der Waals surface area (Å²) in [6.45, 7) is 1.99. The van der Waals surface area contributed by atoms with Crippen LogP contribution in [0.25, 0.3) is 0 Å². The van der Waals surface area contributed by atoms with Crippen LogP contribution in [0.3, 0.4) is 0 Å². The van der Waals surface area contributed by atoms with Crippen molar-refractivity contribution in [3.63, 3.8) is 0 Å². The average molecular weight is 499 g/mol. The molecule has 4 nitrogen and oxygen atoms in total. The van der Waals surface area contributed by atoms with Crippen LogP contribution >= 0.6 is 27.5 Å². The van der Waals surface area contributed by atoms with Crippen LogP contribution in [-0.2, 0) is 12.6 Å². The molecule has 9 heteroatoms. The second kappa shape index (κ2) is 9.14. The maximum atomic E-state index is 13.0. The molecule has 1 atom stereocenters. The van der Waals surface area contributed by atoms with Crippen molar-refractivity contribution in [3.05, 3.63) is 86.9 Å². The Balaban J connectivity index is 1.76. The van der Waals surface area contributed by atoms with Crippen molar-refractivity contribution >= 4 is 39.1 Å². The topological polar surface area (TPSA) is 54.9 Å². The van der Waals surface area contributed by atoms with E-state index in [9.17, 15) is 18.0 Å². The molecule has 0 aliphatic rings. The smallest absolute Gasteiger partial charge is 0.322 e. The van der Waals surface area contributed by atoms with E-state index in [0.29, 0.717) is 17.3 Å². The number of hydrogen-bond donors (Lipinski definition) is 1. The zero-order valence-electron chi connectivity index (χ0n) is 15.7. The first-order chi connectivity index (χ1) is 14.1. The molecule has 30 heavy (non-hydrogen) atoms. The van der Waals surface area contributed by atoms with Gasteiger partial charge in [-0.25, -0.2) is 4.98 Å². The highest BCUT2D eigenvalue weighted by atomic mass is 79.9. The molecule has 0 saturated carbocycles. The van der Waals surface area contributed by atoms with Gasteiger partial charge in [-0.3, -0.25) is 9.78 Å². The van der Waals surface area contributed by atoms with Gasteiger partial charge in [0.1, 0.15) is 5.15 Å². The first-order valence-corrected chi connectivity index (χ1v) is 10.0. The fraction of sp³-hybridized carbons (Fsp3) is 0.190. The van der Waals surface area contributed by atoms with Crippen LogP contribution in [0.15, 0.2) is 59.3 Å². The number of rotatable bonds is 5. The molecule has 156 valence electrons. The van der Waals surface area contributed by atoms with Crippen molar-refractivity contribution in [2.24, 2.45) is 0 Å². The summed E-state index contributed by atoms with van der Waals surface area (Å²) >= 11 is 8.90. The van der Waals surface area contributed by atoms with Gasteiger partial charge in [0.15, 0.2) is 0 Å². The minimum absolute atomic E-state index is 0.0531. The molecular weight excluding hydrogens is 483 g/mol. The lowest BCUT2D eigenvalue weighted by Crippen LogP contribution is -2.14. The third-order valence-electron chi connectivity index (χ3n) is 4.37. The van der Waals surface area contributed by atoms with Gasteiger partial charge in [0.05, 0.1) is 17.5 Å². The molecule has 3 aromatic rings. The normalized spacial score (nSPS) is 12.5. The highest BCUT2D eigenvalue weighted by molar-refractivity contribution is 9.10. The number of carbonyl (C=O) groups excluding carboxylic acids is 1. The number of carbonyl (C=O) groups is 1. The van der Waals surface area contributed by atoms with Crippen molar-refractivity contribution in [1.29, 1.82) is 0 Å². The van der Waals surface area contributed by atoms with Crippen LogP contribution in [0.4, 0.5) is 18.9 Å². The third kappa shape index (κ3) is 5.79. The van der Waals surface area contributed by atoms with Gasteiger partial charge in [-0.15, -0.1) is 0 Å². The van der Waals surface area contributed by atoms with Gasteiger partial charge in [0.2, 0.25) is 0 Å². The monoisotopic (exact) mass is 497 g/mol. The van der Waals surface area contributed by atoms with E-state index in [1.54, 1.807) is 24.4 Å². The molecule has 0 unspecified atom stereocenters. The van der Waals surface area contributed by atoms with Crippen molar-refractivity contribution in [2.45, 2.75) is 25.4 Å². The van der Waals surface area contributed by atoms with E-state index in [-0.39, 0.29) is 16.0 Å². The van der Waals surface area contributed by atoms with Crippen molar-refractivity contribution in [3.8, 4) is 0 Å². The summed E-state index contributed by atoms with van der Waals surface area (Å²) in [6.07, 6.45) is -0.861. The lowest BCUT2D eigenvalue weighted by molar-refractivity contribution is -0.137. The van der Waals surface area contributed by atoms with Crippen LogP contribution in [0, 0.1) is 0 Å². The molecule has 0 aliphatic carbocycles. The second-order valence-corrected chi connectivity index (χ2v) is 8.05. The summed E-state index contributed by atoms with van der Waals surface area (Å²) in [7, 11) is 0. The first kappa shape index (κ1) is 22.2. The second-order valence-electron chi connectivity index (χ2n) is 6.74. The summed E-state index contributed by atoms with van der Waals surface area (Å²) in [5.41, 5.74) is 1.16. The van der Waals surface area contributed by atoms with E-state index in [1.807, 2.05) is 13.0 Å². The van der Waals surface area contributed by atoms with Crippen LogP contribution < -0.4 is 5.32 Å². The molecule has 3 rings (SSSR count). The Morgan fingerprint density at radius 3 is 2.67 bits per heavy atom. The standard InChI is InChI=1S/C21H16BrClF3N3O/c1-12(5-18-10-27-11-19(23)28-18)13-3-2-4-17(8-13)29-20(30)14-6-15(21(24,25)26)9-16(22)7-14/h2-4,6-12H,5H2,1H3,(H,29,30)/t12-/m1/s1. The van der Waals surface area contributed by atoms with Gasteiger partial charge >= 0.3 is 6.18 Å². The van der Waals surface area contributed by atoms with E-state index in [0.717, 1.165) is 23.4 Å². The number of nitrogens with zero attached hydrogens (tertiary/aromatic N) is 2. The van der Waals surface area contributed by atoms with E-state index < -0.39 is 17.6 Å². The molecule has 0 fully saturated rings. The maximum absolute atomic E-state index is 13.0. The zero-order valence-corrected chi connectivity index (χ0v) is 18.0. The first-order valence-electron chi connectivity index (χ1n) is 8.87. The minimum Gasteiger partial charge on any atom is -0.322 e. The van der Waals surface area contributed by atoms with Crippen molar-refractivity contribution < 1.29 is 18.0 Å². The number of benzene rings is 2. The SMILES string of the molecule is C[C@H](Cc1cncc(Cl)n1)c1cccc(NC(=O)c2cc(Br)cc(C(F)(F)F)c2)c1. The van der Waals surface area contributed by atoms with Gasteiger partial charge in [-0.1, -0.05) is 46.6 Å². The number of amides is 1. The lowest BCUT2D eigenvalue weighted by Gasteiger charge is -2.14. The number of aromatic nitrogens is 2. The third-order valence-corrected chi connectivity index (χ3v) is 5.01. The highest BCUT2D eigenvalue weighted by Crippen LogP contribution is 2.32. The molecule has 0 spiro atoms. The van der Waals surface area contributed by atoms with Crippen LogP contribution in [-0.4, -0.2) is 15.9 Å². The molecule has 0 saturated heterocycles. The van der Waals surface area contributed by atoms with Gasteiger partial charge in [0.25, 0.3) is 5.91 Å². The largest absolute Gasteiger partial charge is 0.416 e. The molecule has 0 aliphatic heterocycles. The van der Waals surface area contributed by atoms with E-state index >= 15 is 0 Å². The predicted octanol–water partition coefficient (Wildman–Crippen LogP) is 6.51. The fourth-order valence-corrected chi connectivity index (χ4v) is 3.58. The summed E-state index contributed by atoms with van der Waals surface area (Å²) in [5.74, 6) is -0.579. The summed E-state index contributed by atoms with van der Waals surface area (Å²) in [6, 6.07) is 10.2. The molecule has 0 bridgehead atoms. The minimum atomic E-state index is -4.54. The fourth-order valence-electron chi connectivity index (χ4n) is 2.92. The van der Waals surface area contributed by atoms with Crippen LogP contribution in [0.2, 0.25) is 5.15 Å². The van der Waals surface area contributed by atoms with Crippen LogP contribution in [0.1, 0.15) is 40.0 Å². The molecule has 1 N–H and O–H groups in total. The molecule has 1 amide bonds. The van der Waals surface area contributed by atoms with Crippen molar-refractivity contribution in [1.82, 2.24) is 9.97 Å². The van der Waals surface area contributed by atoms with Gasteiger partial charge in [-0.2, -0.15) is 13.2 Å². The Morgan fingerprint density at radius 1 is 1.20 bits per heavy atom. The summed E-state index contributed by atoms with van der Waals surface area (Å²) in [5, 5.41) is 2.97. The summed E-state index contributed by atoms with van der Waals surface area (Å²) < 4.78 is 39.2. The van der Waals surface area contributed by atoms with Gasteiger partial charge in [-0.05, 0) is 48.2 Å². The Morgan fingerprint density at radius 2 is 1.97 bits per heavy atom. The molecule has 1 heterocycles. The predicted molar refractivity (Wildman–Crippen MR) is 113 cm³/mol. The van der Waals surface area contributed by atoms with E-state index in [4.69, 9.17) is 11.6 Å². The highest BCUT2D eigenvalue weighted by Gasteiger charge is 2.31. The lowest BCUT2D eigenvalue weighted by atomic mass is 9.96. The average Bonchev–Trinajstić information content (AvgIpc) is 2.67. The van der Waals surface area contributed by atoms with E-state index in [1.165, 1.54) is 12.3 Å². The quantitative estimate of drug-likeness (QED) is 0.436. The molecule has 1 aromatic heterocycles. The van der Waals surface area contributed by atoms with Gasteiger partial charge < -0.3 is 5.32 Å². The molecular formula is C21H16BrClF3N3O. The molecule has 2 aromatic carbocycles. The molecule has 0 radical (unpaired) electrons. The number of halogens is 5. The van der Waals surface area contributed by atoms with E-state index in [2.05, 4.69) is 31.2 Å². The maximum Gasteiger partial charge on any atom is 0.416 e. The number of anilines is 1. The van der Waals surface area contributed by atoms with Crippen LogP contribution in [0.5, 0.6) is 0 Å². The Kier molecular flexibility index (Phi) is 6.77. The zero-order chi connectivity index (χ0) is 21.9. The number of hydrogen-bond acceptors (Lipinski definition) is 3. The van der Waals surface area contributed by atoms with Crippen molar-refractivity contribution in [2.75, 3.05) is 5.32 Å². The number of alkyl halides is 3. The Labute approximate surface area is 184 Å².